The van der Waals surface area contributed by atoms with Crippen molar-refractivity contribution >= 4 is 46.3 Å². The van der Waals surface area contributed by atoms with E-state index in [0.29, 0.717) is 39.0 Å². The number of benzene rings is 1. The highest BCUT2D eigenvalue weighted by atomic mass is 35.5. The Bertz CT molecular complexity index is 1390. The number of halogens is 2. The first-order valence-electron chi connectivity index (χ1n) is 10.1. The predicted molar refractivity (Wildman–Crippen MR) is 130 cm³/mol. The number of amides is 1. The molecule has 0 bridgehead atoms. The molecule has 11 heteroatoms. The molecule has 4 rings (SSSR count). The molecule has 4 aromatic rings. The zero-order valence-corrected chi connectivity index (χ0v) is 19.1. The molecule has 3 N–H and O–H groups in total. The molecule has 0 saturated heterocycles. The van der Waals surface area contributed by atoms with Crippen LogP contribution in [0.1, 0.15) is 5.69 Å². The summed E-state index contributed by atoms with van der Waals surface area (Å²) in [5.74, 6) is -0.386. The van der Waals surface area contributed by atoms with Gasteiger partial charge in [-0.25, -0.2) is 9.37 Å². The van der Waals surface area contributed by atoms with Crippen molar-refractivity contribution in [2.24, 2.45) is 7.05 Å². The van der Waals surface area contributed by atoms with Crippen LogP contribution in [0.15, 0.2) is 61.7 Å². The third-order valence-electron chi connectivity index (χ3n) is 4.76. The third-order valence-corrected chi connectivity index (χ3v) is 5.14. The van der Waals surface area contributed by atoms with Crippen LogP contribution >= 0.6 is 11.6 Å². The van der Waals surface area contributed by atoms with Crippen LogP contribution in [-0.4, -0.2) is 30.6 Å². The van der Waals surface area contributed by atoms with E-state index < -0.39 is 11.7 Å². The molecule has 0 atom stereocenters. The maximum Gasteiger partial charge on any atom is 0.247 e. The van der Waals surface area contributed by atoms with Gasteiger partial charge in [-0.2, -0.15) is 10.1 Å². The molecule has 0 spiro atoms. The SMILES string of the molecule is C=CC(=O)Nc1ccc(F)c(Nc2nc(Nc3cnn(C)c3)ncc2-c2cnc(C)c(Cl)c2)c1. The molecule has 0 radical (unpaired) electrons. The normalized spacial score (nSPS) is 10.6. The molecule has 9 nitrogen and oxygen atoms in total. The fourth-order valence-corrected chi connectivity index (χ4v) is 3.20. The minimum Gasteiger partial charge on any atom is -0.337 e. The Balaban J connectivity index is 1.75. The van der Waals surface area contributed by atoms with Crippen molar-refractivity contribution in [2.45, 2.75) is 6.92 Å². The topological polar surface area (TPSA) is 110 Å². The number of nitrogens with zero attached hydrogens (tertiary/aromatic N) is 5. The average molecular weight is 479 g/mol. The van der Waals surface area contributed by atoms with E-state index in [1.54, 1.807) is 49.5 Å². The smallest absolute Gasteiger partial charge is 0.247 e. The zero-order valence-electron chi connectivity index (χ0n) is 18.3. The highest BCUT2D eigenvalue weighted by Gasteiger charge is 2.15. The van der Waals surface area contributed by atoms with E-state index in [-0.39, 0.29) is 11.6 Å². The summed E-state index contributed by atoms with van der Waals surface area (Å²) >= 11 is 6.27. The third kappa shape index (κ3) is 5.18. The molecule has 3 aromatic heterocycles. The lowest BCUT2D eigenvalue weighted by atomic mass is 10.1. The van der Waals surface area contributed by atoms with Crippen molar-refractivity contribution in [1.29, 1.82) is 0 Å². The molecule has 0 unspecified atom stereocenters. The van der Waals surface area contributed by atoms with Gasteiger partial charge in [0.2, 0.25) is 11.9 Å². The van der Waals surface area contributed by atoms with Gasteiger partial charge in [-0.3, -0.25) is 14.5 Å². The summed E-state index contributed by atoms with van der Waals surface area (Å²) in [5, 5.41) is 13.2. The van der Waals surface area contributed by atoms with Crippen LogP contribution in [0.25, 0.3) is 11.1 Å². The first kappa shape index (κ1) is 22.9. The summed E-state index contributed by atoms with van der Waals surface area (Å²) in [5.41, 5.74) is 3.03. The zero-order chi connectivity index (χ0) is 24.2. The lowest BCUT2D eigenvalue weighted by Crippen LogP contribution is -2.08. The lowest BCUT2D eigenvalue weighted by Gasteiger charge is -2.15. The average Bonchev–Trinajstić information content (AvgIpc) is 3.22. The Morgan fingerprint density at radius 1 is 1.15 bits per heavy atom. The molecule has 0 aliphatic heterocycles. The van der Waals surface area contributed by atoms with E-state index in [1.807, 2.05) is 0 Å². The molecule has 1 aromatic carbocycles. The van der Waals surface area contributed by atoms with Gasteiger partial charge in [0.25, 0.3) is 0 Å². The van der Waals surface area contributed by atoms with Crippen molar-refractivity contribution in [1.82, 2.24) is 24.7 Å². The minimum absolute atomic E-state index is 0.0975. The Labute approximate surface area is 199 Å². The van der Waals surface area contributed by atoms with E-state index in [4.69, 9.17) is 11.6 Å². The number of aromatic nitrogens is 5. The summed E-state index contributed by atoms with van der Waals surface area (Å²) < 4.78 is 16.3. The molecular formula is C23H20ClFN8O. The number of hydrogen-bond acceptors (Lipinski definition) is 7. The van der Waals surface area contributed by atoms with Crippen molar-refractivity contribution in [3.05, 3.63) is 78.2 Å². The number of carbonyl (C=O) groups excluding carboxylic acids is 1. The number of anilines is 5. The maximum absolute atomic E-state index is 14.7. The van der Waals surface area contributed by atoms with Gasteiger partial charge >= 0.3 is 0 Å². The molecule has 0 aliphatic rings. The number of rotatable bonds is 7. The highest BCUT2D eigenvalue weighted by Crippen LogP contribution is 2.32. The van der Waals surface area contributed by atoms with Gasteiger partial charge in [-0.05, 0) is 37.3 Å². The van der Waals surface area contributed by atoms with Crippen LogP contribution < -0.4 is 16.0 Å². The van der Waals surface area contributed by atoms with Crippen LogP contribution in [0, 0.1) is 12.7 Å². The quantitative estimate of drug-likeness (QED) is 0.321. The fraction of sp³-hybridized carbons (Fsp3) is 0.0870. The van der Waals surface area contributed by atoms with E-state index >= 15 is 0 Å². The molecule has 0 aliphatic carbocycles. The Kier molecular flexibility index (Phi) is 6.51. The number of aryl methyl sites for hydroxylation is 2. The number of nitrogens with one attached hydrogen (secondary N) is 3. The molecule has 34 heavy (non-hydrogen) atoms. The van der Waals surface area contributed by atoms with Gasteiger partial charge in [-0.15, -0.1) is 0 Å². The Morgan fingerprint density at radius 2 is 1.97 bits per heavy atom. The van der Waals surface area contributed by atoms with Gasteiger partial charge in [-0.1, -0.05) is 18.2 Å². The summed E-state index contributed by atoms with van der Waals surface area (Å²) in [6.07, 6.45) is 7.73. The van der Waals surface area contributed by atoms with Gasteiger partial charge in [0.15, 0.2) is 0 Å². The molecule has 0 saturated carbocycles. The van der Waals surface area contributed by atoms with Crippen LogP contribution in [0.5, 0.6) is 0 Å². The molecule has 172 valence electrons. The van der Waals surface area contributed by atoms with Crippen LogP contribution in [0.2, 0.25) is 5.02 Å². The molecule has 3 heterocycles. The minimum atomic E-state index is -0.539. The van der Waals surface area contributed by atoms with Gasteiger partial charge < -0.3 is 16.0 Å². The summed E-state index contributed by atoms with van der Waals surface area (Å²) in [6, 6.07) is 5.87. The molecule has 0 fully saturated rings. The predicted octanol–water partition coefficient (Wildman–Crippen LogP) is 4.98. The summed E-state index contributed by atoms with van der Waals surface area (Å²) in [4.78, 5) is 24.9. The second kappa shape index (κ2) is 9.67. The van der Waals surface area contributed by atoms with Gasteiger partial charge in [0.1, 0.15) is 11.6 Å². The molecular weight excluding hydrogens is 459 g/mol. The van der Waals surface area contributed by atoms with Crippen LogP contribution in [0.4, 0.5) is 33.2 Å². The van der Waals surface area contributed by atoms with Crippen molar-refractivity contribution in [2.75, 3.05) is 16.0 Å². The van der Waals surface area contributed by atoms with Crippen molar-refractivity contribution in [3.63, 3.8) is 0 Å². The van der Waals surface area contributed by atoms with E-state index in [1.165, 1.54) is 18.2 Å². The lowest BCUT2D eigenvalue weighted by molar-refractivity contribution is -0.111. The first-order chi connectivity index (χ1) is 16.3. The first-order valence-corrected chi connectivity index (χ1v) is 10.5. The number of pyridine rings is 1. The van der Waals surface area contributed by atoms with E-state index in [2.05, 4.69) is 42.6 Å². The second-order valence-electron chi connectivity index (χ2n) is 7.29. The maximum atomic E-state index is 14.7. The fourth-order valence-electron chi connectivity index (χ4n) is 3.04. The van der Waals surface area contributed by atoms with E-state index in [0.717, 1.165) is 6.08 Å². The highest BCUT2D eigenvalue weighted by molar-refractivity contribution is 6.31. The van der Waals surface area contributed by atoms with Crippen molar-refractivity contribution < 1.29 is 9.18 Å². The monoisotopic (exact) mass is 478 g/mol. The van der Waals surface area contributed by atoms with Crippen LogP contribution in [0.3, 0.4) is 0 Å². The second-order valence-corrected chi connectivity index (χ2v) is 7.69. The standard InChI is InChI=1S/C23H20ClFN8O/c1-4-21(34)29-15-5-6-19(25)20(8-15)31-22-17(14-7-18(24)13(2)26-9-14)11-27-23(32-22)30-16-10-28-33(3)12-16/h4-12H,1H2,2-3H3,(H,29,34)(H2,27,30,31,32). The molecule has 1 amide bonds. The number of hydrogen-bond donors (Lipinski definition) is 3. The summed E-state index contributed by atoms with van der Waals surface area (Å²) in [6.45, 7) is 5.21. The number of carbonyl (C=O) groups is 1. The Morgan fingerprint density at radius 3 is 2.68 bits per heavy atom. The largest absolute Gasteiger partial charge is 0.337 e. The van der Waals surface area contributed by atoms with E-state index in [9.17, 15) is 9.18 Å². The van der Waals surface area contributed by atoms with Crippen LogP contribution in [-0.2, 0) is 11.8 Å². The Hall–Kier alpha value is -4.31. The van der Waals surface area contributed by atoms with Gasteiger partial charge in [0.05, 0.1) is 28.3 Å². The summed E-state index contributed by atoms with van der Waals surface area (Å²) in [7, 11) is 1.79. The van der Waals surface area contributed by atoms with Gasteiger partial charge in [0, 0.05) is 42.5 Å². The van der Waals surface area contributed by atoms with Crippen molar-refractivity contribution in [3.8, 4) is 11.1 Å².